The molecule has 124 valence electrons. The Balaban J connectivity index is 0.000000433. The van der Waals surface area contributed by atoms with Crippen LogP contribution in [0, 0.1) is 0 Å². The Hall–Kier alpha value is 0.280. The highest BCUT2D eigenvalue weighted by Crippen LogP contribution is 2.80. The van der Waals surface area contributed by atoms with Gasteiger partial charge in [0.1, 0.15) is 0 Å². The van der Waals surface area contributed by atoms with E-state index in [1.165, 1.54) is 0 Å². The highest BCUT2D eigenvalue weighted by Gasteiger charge is 2.50. The van der Waals surface area contributed by atoms with Gasteiger partial charge in [-0.05, 0) is 4.66 Å². The highest BCUT2D eigenvalue weighted by atomic mass is 31.3. The lowest BCUT2D eigenvalue weighted by molar-refractivity contribution is 0.168. The standard InChI is InChI=1S/C3H3F2O2P.CH3F5N3OP3/c4-3(5)1-2-7-8-6;1-10-13(6)7-11(4)8(2)12(5)9(13)3/h1H,2H2;1H3. The van der Waals surface area contributed by atoms with Gasteiger partial charge in [0.05, 0.1) is 6.61 Å². The third kappa shape index (κ3) is 6.93. The summed E-state index contributed by atoms with van der Waals surface area (Å²) in [5.74, 6) is 0. The van der Waals surface area contributed by atoms with Gasteiger partial charge in [0.2, 0.25) is 0 Å². The van der Waals surface area contributed by atoms with E-state index >= 15 is 0 Å². The lowest BCUT2D eigenvalue weighted by atomic mass is 10.7. The Bertz CT molecular complexity index is 426. The van der Waals surface area contributed by atoms with Crippen LogP contribution in [0.15, 0.2) is 16.7 Å². The molecule has 0 fully saturated rings. The fraction of sp³-hybridized carbons (Fsp3) is 0.500. The molecular weight excluding hydrogens is 395 g/mol. The van der Waals surface area contributed by atoms with Crippen LogP contribution >= 0.6 is 33.5 Å². The molecule has 0 N–H and O–H groups in total. The van der Waals surface area contributed by atoms with E-state index in [1.807, 2.05) is 0 Å². The van der Waals surface area contributed by atoms with Crippen molar-refractivity contribution in [1.82, 2.24) is 9.33 Å². The second kappa shape index (κ2) is 10.1. The van der Waals surface area contributed by atoms with Crippen molar-refractivity contribution in [2.75, 3.05) is 13.7 Å². The molecule has 1 aliphatic rings. The van der Waals surface area contributed by atoms with Gasteiger partial charge in [-0.15, -0.1) is 8.96 Å². The van der Waals surface area contributed by atoms with E-state index in [0.717, 1.165) is 0 Å². The maximum absolute atomic E-state index is 13.0. The molecule has 0 aromatic carbocycles. The summed E-state index contributed by atoms with van der Waals surface area (Å²) in [6, 6.07) is 0. The quantitative estimate of drug-likeness (QED) is 0.239. The third-order valence-electron chi connectivity index (χ3n) is 1.39. The van der Waals surface area contributed by atoms with Crippen LogP contribution in [0.2, 0.25) is 0 Å². The molecular formula is C4H6F7N3O3P4. The number of halogens is 7. The van der Waals surface area contributed by atoms with Gasteiger partial charge in [-0.3, -0.25) is 4.52 Å². The molecule has 17 heteroatoms. The smallest absolute Gasteiger partial charge is 0.310 e. The Morgan fingerprint density at radius 1 is 1.43 bits per heavy atom. The van der Waals surface area contributed by atoms with E-state index < -0.39 is 48.9 Å². The topological polar surface area (TPSA) is 54.4 Å². The fourth-order valence-corrected chi connectivity index (χ4v) is 5.23. The molecule has 0 spiro atoms. The second-order valence-corrected chi connectivity index (χ2v) is 8.00. The minimum Gasteiger partial charge on any atom is -0.310 e. The van der Waals surface area contributed by atoms with E-state index in [1.54, 1.807) is 0 Å². The first-order chi connectivity index (χ1) is 9.69. The average molecular weight is 401 g/mol. The largest absolute Gasteiger partial charge is 0.371 e. The van der Waals surface area contributed by atoms with Crippen molar-refractivity contribution < 1.29 is 43.9 Å². The molecule has 0 aliphatic carbocycles. The SMILES string of the molecule is COP1(F)=NP(F)N(F)P(F)N1F.O=POCC=C(F)F. The minimum atomic E-state index is -4.77. The lowest BCUT2D eigenvalue weighted by Gasteiger charge is -2.28. The summed E-state index contributed by atoms with van der Waals surface area (Å²) in [6.45, 7) is -0.312. The lowest BCUT2D eigenvalue weighted by Crippen LogP contribution is -2.11. The first kappa shape index (κ1) is 21.3. The molecule has 0 saturated carbocycles. The van der Waals surface area contributed by atoms with Crippen molar-refractivity contribution in [3.8, 4) is 0 Å². The maximum atomic E-state index is 13.0. The van der Waals surface area contributed by atoms with Crippen molar-refractivity contribution in [3.63, 3.8) is 0 Å². The van der Waals surface area contributed by atoms with E-state index in [-0.39, 0.29) is 6.61 Å². The Labute approximate surface area is 118 Å². The van der Waals surface area contributed by atoms with E-state index in [0.29, 0.717) is 13.2 Å². The van der Waals surface area contributed by atoms with E-state index in [4.69, 9.17) is 0 Å². The van der Waals surface area contributed by atoms with Crippen molar-refractivity contribution >= 4 is 33.5 Å². The van der Waals surface area contributed by atoms with Crippen LogP contribution in [0.5, 0.6) is 0 Å². The first-order valence-electron chi connectivity index (χ1n) is 4.36. The van der Waals surface area contributed by atoms with E-state index in [2.05, 4.69) is 13.6 Å². The maximum Gasteiger partial charge on any atom is 0.371 e. The van der Waals surface area contributed by atoms with Gasteiger partial charge in [-0.25, -0.2) is 4.57 Å². The van der Waals surface area contributed by atoms with Gasteiger partial charge in [-0.2, -0.15) is 25.9 Å². The zero-order valence-corrected chi connectivity index (χ0v) is 13.4. The van der Waals surface area contributed by atoms with Crippen LogP contribution in [0.4, 0.5) is 30.3 Å². The monoisotopic (exact) mass is 401 g/mol. The van der Waals surface area contributed by atoms with Gasteiger partial charge >= 0.3 is 33.5 Å². The van der Waals surface area contributed by atoms with Crippen LogP contribution in [-0.2, 0) is 13.6 Å². The summed E-state index contributed by atoms with van der Waals surface area (Å²) in [7, 11) is -12.0. The molecule has 6 nitrogen and oxygen atoms in total. The zero-order valence-electron chi connectivity index (χ0n) is 9.79. The van der Waals surface area contributed by atoms with Crippen LogP contribution in [0.1, 0.15) is 0 Å². The van der Waals surface area contributed by atoms with Gasteiger partial charge in [-0.1, -0.05) is 0 Å². The average Bonchev–Trinajstić information content (AvgIpc) is 2.44. The molecule has 21 heavy (non-hydrogen) atoms. The number of rotatable bonds is 4. The van der Waals surface area contributed by atoms with Crippen molar-refractivity contribution in [1.29, 1.82) is 0 Å². The predicted octanol–water partition coefficient (Wildman–Crippen LogP) is 6.32. The molecule has 0 amide bonds. The van der Waals surface area contributed by atoms with Gasteiger partial charge < -0.3 is 4.52 Å². The molecule has 0 aromatic heterocycles. The molecule has 3 atom stereocenters. The Morgan fingerprint density at radius 3 is 2.43 bits per heavy atom. The van der Waals surface area contributed by atoms with Gasteiger partial charge in [0.15, 0.2) is 0 Å². The van der Waals surface area contributed by atoms with Crippen LogP contribution in [-0.4, -0.2) is 23.0 Å². The molecule has 0 bridgehead atoms. The number of hydrogen-bond donors (Lipinski definition) is 0. The third-order valence-corrected chi connectivity index (χ3v) is 6.80. The second-order valence-electron chi connectivity index (χ2n) is 2.57. The van der Waals surface area contributed by atoms with Crippen molar-refractivity contribution in [2.45, 2.75) is 0 Å². The highest BCUT2D eigenvalue weighted by molar-refractivity contribution is 7.77. The van der Waals surface area contributed by atoms with Gasteiger partial charge in [0.25, 0.3) is 6.08 Å². The summed E-state index contributed by atoms with van der Waals surface area (Å²) in [6.07, 6.45) is -1.29. The normalized spacial score (nSPS) is 30.3. The number of hydrogen-bond acceptors (Lipinski definition) is 6. The molecule has 0 aromatic rings. The zero-order chi connectivity index (χ0) is 16.6. The summed E-state index contributed by atoms with van der Waals surface area (Å²) < 4.78 is 102. The number of nitrogens with zero attached hydrogens (tertiary/aromatic N) is 3. The minimum absolute atomic E-state index is 0.312. The predicted molar refractivity (Wildman–Crippen MR) is 63.3 cm³/mol. The molecule has 0 radical (unpaired) electrons. The Kier molecular flexibility index (Phi) is 10.3. The Morgan fingerprint density at radius 2 is 2.00 bits per heavy atom. The van der Waals surface area contributed by atoms with Crippen LogP contribution < -0.4 is 0 Å². The molecule has 1 aliphatic heterocycles. The van der Waals surface area contributed by atoms with Gasteiger partial charge in [0, 0.05) is 17.8 Å². The summed E-state index contributed by atoms with van der Waals surface area (Å²) in [4.78, 5) is 0. The summed E-state index contributed by atoms with van der Waals surface area (Å²) in [5.41, 5.74) is 0. The molecule has 1 rings (SSSR count). The summed E-state index contributed by atoms with van der Waals surface area (Å²) in [5, 5.41) is 0. The van der Waals surface area contributed by atoms with Crippen LogP contribution in [0.25, 0.3) is 0 Å². The molecule has 0 saturated heterocycles. The molecule has 3 unspecified atom stereocenters. The van der Waals surface area contributed by atoms with Crippen molar-refractivity contribution in [2.24, 2.45) is 4.52 Å². The molecule has 1 heterocycles. The first-order valence-corrected chi connectivity index (χ1v) is 8.87. The van der Waals surface area contributed by atoms with Crippen LogP contribution in [0.3, 0.4) is 0 Å². The fourth-order valence-electron chi connectivity index (χ4n) is 0.604. The summed E-state index contributed by atoms with van der Waals surface area (Å²) >= 11 is 0. The van der Waals surface area contributed by atoms with E-state index in [9.17, 15) is 34.9 Å². The van der Waals surface area contributed by atoms with Crippen molar-refractivity contribution in [3.05, 3.63) is 12.2 Å².